The molecule has 0 aliphatic heterocycles. The predicted octanol–water partition coefficient (Wildman–Crippen LogP) is 3.97. The van der Waals surface area contributed by atoms with E-state index in [1.165, 1.54) is 11.8 Å². The molecule has 0 N–H and O–H groups in total. The number of carbonyl (C=O) groups is 1. The fourth-order valence-corrected chi connectivity index (χ4v) is 3.20. The molecule has 1 aromatic heterocycles. The summed E-state index contributed by atoms with van der Waals surface area (Å²) in [6, 6.07) is 10.2. The summed E-state index contributed by atoms with van der Waals surface area (Å²) < 4.78 is 0. The minimum atomic E-state index is 0.0658. The van der Waals surface area contributed by atoms with Gasteiger partial charge >= 0.3 is 0 Å². The van der Waals surface area contributed by atoms with Crippen LogP contribution in [0.3, 0.4) is 0 Å². The molecule has 1 heterocycles. The van der Waals surface area contributed by atoms with Gasteiger partial charge < -0.3 is 4.90 Å². The van der Waals surface area contributed by atoms with E-state index in [0.717, 1.165) is 27.7 Å². The Morgan fingerprint density at radius 3 is 2.29 bits per heavy atom. The van der Waals surface area contributed by atoms with Crippen molar-refractivity contribution in [3.63, 3.8) is 0 Å². The van der Waals surface area contributed by atoms with Gasteiger partial charge in [-0.15, -0.1) is 0 Å². The molecule has 0 aliphatic carbocycles. The number of hydrogen-bond donors (Lipinski definition) is 0. The minimum Gasteiger partial charge on any atom is -0.339 e. The first-order valence-corrected chi connectivity index (χ1v) is 9.35. The third-order valence-corrected chi connectivity index (χ3v) is 4.98. The van der Waals surface area contributed by atoms with Gasteiger partial charge in [-0.3, -0.25) is 4.79 Å². The maximum atomic E-state index is 12.6. The predicted molar refractivity (Wildman–Crippen MR) is 99.2 cm³/mol. The smallest absolute Gasteiger partial charge is 0.223 e. The Kier molecular flexibility index (Phi) is 6.37. The maximum Gasteiger partial charge on any atom is 0.223 e. The molecule has 1 amide bonds. The summed E-state index contributed by atoms with van der Waals surface area (Å²) in [7, 11) is 1.87. The van der Waals surface area contributed by atoms with E-state index in [4.69, 9.17) is 0 Å². The molecule has 5 heteroatoms. The lowest BCUT2D eigenvalue weighted by Gasteiger charge is -2.25. The lowest BCUT2D eigenvalue weighted by Crippen LogP contribution is -2.30. The van der Waals surface area contributed by atoms with Crippen molar-refractivity contribution in [2.45, 2.75) is 44.8 Å². The van der Waals surface area contributed by atoms with Crippen molar-refractivity contribution in [2.75, 3.05) is 13.3 Å². The Bertz CT molecular complexity index is 680. The van der Waals surface area contributed by atoms with Gasteiger partial charge in [-0.25, -0.2) is 9.97 Å². The molecule has 0 spiro atoms. The Balaban J connectivity index is 2.03. The van der Waals surface area contributed by atoms with Crippen LogP contribution in [0.25, 0.3) is 0 Å². The van der Waals surface area contributed by atoms with E-state index in [1.54, 1.807) is 0 Å². The molecular weight excluding hydrogens is 318 g/mol. The summed E-state index contributed by atoms with van der Waals surface area (Å²) in [5, 5.41) is 0.787. The summed E-state index contributed by atoms with van der Waals surface area (Å²) in [5.74, 6) is 0.138. The highest BCUT2D eigenvalue weighted by Crippen LogP contribution is 2.21. The van der Waals surface area contributed by atoms with Crippen molar-refractivity contribution in [1.82, 2.24) is 14.9 Å². The first-order valence-electron chi connectivity index (χ1n) is 8.12. The van der Waals surface area contributed by atoms with Crippen LogP contribution in [0.1, 0.15) is 41.9 Å². The van der Waals surface area contributed by atoms with Gasteiger partial charge in [-0.2, -0.15) is 0 Å². The molecule has 128 valence electrons. The molecule has 0 saturated heterocycles. The highest BCUT2D eigenvalue weighted by atomic mass is 32.2. The van der Waals surface area contributed by atoms with Crippen molar-refractivity contribution in [3.05, 3.63) is 52.8 Å². The lowest BCUT2D eigenvalue weighted by molar-refractivity contribution is -0.131. The maximum absolute atomic E-state index is 12.6. The van der Waals surface area contributed by atoms with Gasteiger partial charge in [0.2, 0.25) is 5.91 Å². The number of amides is 1. The molecule has 2 aromatic rings. The molecule has 2 rings (SSSR count). The van der Waals surface area contributed by atoms with Gasteiger partial charge in [0.1, 0.15) is 0 Å². The molecule has 1 atom stereocenters. The quantitative estimate of drug-likeness (QED) is 0.588. The SMILES string of the molecule is CSc1nc(C)c(CCC(=O)N(C)C(C)c2ccccc2)c(C)n1. The molecule has 0 bridgehead atoms. The number of nitrogens with zero attached hydrogens (tertiary/aromatic N) is 3. The number of aryl methyl sites for hydroxylation is 2. The van der Waals surface area contributed by atoms with Crippen molar-refractivity contribution in [1.29, 1.82) is 0 Å². The molecule has 0 saturated carbocycles. The van der Waals surface area contributed by atoms with Crippen LogP contribution >= 0.6 is 11.8 Å². The molecule has 24 heavy (non-hydrogen) atoms. The van der Waals surface area contributed by atoms with Crippen LogP contribution < -0.4 is 0 Å². The van der Waals surface area contributed by atoms with Crippen LogP contribution in [-0.2, 0) is 11.2 Å². The molecule has 1 aromatic carbocycles. The second-order valence-corrected chi connectivity index (χ2v) is 6.72. The van der Waals surface area contributed by atoms with Crippen LogP contribution in [0.4, 0.5) is 0 Å². The van der Waals surface area contributed by atoms with Gasteiger partial charge in [0.15, 0.2) is 5.16 Å². The minimum absolute atomic E-state index is 0.0658. The monoisotopic (exact) mass is 343 g/mol. The Labute approximate surface area is 148 Å². The fourth-order valence-electron chi connectivity index (χ4n) is 2.74. The van der Waals surface area contributed by atoms with Gasteiger partial charge in [0.25, 0.3) is 0 Å². The van der Waals surface area contributed by atoms with Crippen LogP contribution in [0.2, 0.25) is 0 Å². The molecule has 1 unspecified atom stereocenters. The second-order valence-electron chi connectivity index (χ2n) is 5.95. The normalized spacial score (nSPS) is 12.0. The highest BCUT2D eigenvalue weighted by molar-refractivity contribution is 7.98. The first-order chi connectivity index (χ1) is 11.4. The van der Waals surface area contributed by atoms with Crippen molar-refractivity contribution in [2.24, 2.45) is 0 Å². The highest BCUT2D eigenvalue weighted by Gasteiger charge is 2.18. The number of thioether (sulfide) groups is 1. The number of carbonyl (C=O) groups excluding carboxylic acids is 1. The average molecular weight is 343 g/mol. The van der Waals surface area contributed by atoms with Gasteiger partial charge in [0, 0.05) is 24.9 Å². The summed E-state index contributed by atoms with van der Waals surface area (Å²) in [6.45, 7) is 6.04. The molecular formula is C19H25N3OS. The summed E-state index contributed by atoms with van der Waals surface area (Å²) in [6.07, 6.45) is 3.12. The zero-order valence-corrected chi connectivity index (χ0v) is 15.9. The number of rotatable bonds is 6. The van der Waals surface area contributed by atoms with Crippen molar-refractivity contribution in [3.8, 4) is 0 Å². The van der Waals surface area contributed by atoms with E-state index >= 15 is 0 Å². The van der Waals surface area contributed by atoms with Crippen molar-refractivity contribution >= 4 is 17.7 Å². The van der Waals surface area contributed by atoms with Crippen LogP contribution in [0.15, 0.2) is 35.5 Å². The van der Waals surface area contributed by atoms with Gasteiger partial charge in [-0.1, -0.05) is 42.1 Å². The third kappa shape index (κ3) is 4.35. The van der Waals surface area contributed by atoms with Gasteiger partial charge in [-0.05, 0) is 44.6 Å². The van der Waals surface area contributed by atoms with Crippen LogP contribution in [0, 0.1) is 13.8 Å². The van der Waals surface area contributed by atoms with E-state index < -0.39 is 0 Å². The average Bonchev–Trinajstić information content (AvgIpc) is 2.60. The summed E-state index contributed by atoms with van der Waals surface area (Å²) in [5.41, 5.74) is 4.17. The summed E-state index contributed by atoms with van der Waals surface area (Å²) >= 11 is 1.54. The lowest BCUT2D eigenvalue weighted by atomic mass is 10.0. The van der Waals surface area contributed by atoms with E-state index in [-0.39, 0.29) is 11.9 Å². The summed E-state index contributed by atoms with van der Waals surface area (Å²) in [4.78, 5) is 23.3. The number of hydrogen-bond acceptors (Lipinski definition) is 4. The Morgan fingerprint density at radius 1 is 1.17 bits per heavy atom. The van der Waals surface area contributed by atoms with E-state index in [2.05, 4.69) is 29.0 Å². The van der Waals surface area contributed by atoms with E-state index in [1.807, 2.05) is 50.2 Å². The van der Waals surface area contributed by atoms with E-state index in [0.29, 0.717) is 12.8 Å². The molecule has 4 nitrogen and oxygen atoms in total. The first kappa shape index (κ1) is 18.5. The van der Waals surface area contributed by atoms with Crippen molar-refractivity contribution < 1.29 is 4.79 Å². The number of benzene rings is 1. The van der Waals surface area contributed by atoms with Crippen LogP contribution in [-0.4, -0.2) is 34.1 Å². The topological polar surface area (TPSA) is 46.1 Å². The standard InChI is InChI=1S/C19H25N3OS/c1-13-17(14(2)21-19(20-13)24-5)11-12-18(23)22(4)15(3)16-9-7-6-8-10-16/h6-10,15H,11-12H2,1-5H3. The fraction of sp³-hybridized carbons (Fsp3) is 0.421. The van der Waals surface area contributed by atoms with E-state index in [9.17, 15) is 4.79 Å². The largest absolute Gasteiger partial charge is 0.339 e. The second kappa shape index (κ2) is 8.29. The molecule has 0 radical (unpaired) electrons. The Morgan fingerprint density at radius 2 is 1.75 bits per heavy atom. The molecule has 0 fully saturated rings. The van der Waals surface area contributed by atoms with Crippen LogP contribution in [0.5, 0.6) is 0 Å². The third-order valence-electron chi connectivity index (χ3n) is 4.43. The zero-order valence-electron chi connectivity index (χ0n) is 15.0. The molecule has 0 aliphatic rings. The number of aromatic nitrogens is 2. The van der Waals surface area contributed by atoms with Gasteiger partial charge in [0.05, 0.1) is 6.04 Å². The Hall–Kier alpha value is -1.88. The zero-order chi connectivity index (χ0) is 17.7.